The van der Waals surface area contributed by atoms with Crippen LogP contribution >= 0.6 is 0 Å². The van der Waals surface area contributed by atoms with Crippen LogP contribution in [0.5, 0.6) is 11.5 Å². The largest absolute Gasteiger partial charge is 0.508 e. The number of aliphatic hydroxyl groups is 1. The molecule has 2 aromatic carbocycles. The minimum absolute atomic E-state index is 0.142. The first-order chi connectivity index (χ1) is 8.74. The zero-order valence-corrected chi connectivity index (χ0v) is 10.3. The molecule has 2 rings (SSSR count). The number of methoxy groups -OCH3 is 1. The molecule has 0 aromatic heterocycles. The summed E-state index contributed by atoms with van der Waals surface area (Å²) in [4.78, 5) is 0. The maximum atomic E-state index is 9.67. The summed E-state index contributed by atoms with van der Waals surface area (Å²) < 4.78 is 5.10. The van der Waals surface area contributed by atoms with E-state index in [0.717, 1.165) is 16.9 Å². The molecule has 18 heavy (non-hydrogen) atoms. The number of benzene rings is 2. The Bertz CT molecular complexity index is 518. The number of hydrogen-bond acceptors (Lipinski definition) is 3. The van der Waals surface area contributed by atoms with Crippen LogP contribution in [0.25, 0.3) is 0 Å². The van der Waals surface area contributed by atoms with E-state index in [9.17, 15) is 10.2 Å². The fraction of sp³-hybridized carbons (Fsp3) is 0.200. The van der Waals surface area contributed by atoms with E-state index in [0.29, 0.717) is 12.0 Å². The molecule has 0 fully saturated rings. The lowest BCUT2D eigenvalue weighted by atomic mass is 9.99. The van der Waals surface area contributed by atoms with E-state index in [1.54, 1.807) is 19.2 Å². The number of aliphatic hydroxyl groups excluding tert-OH is 1. The molecule has 0 radical (unpaired) electrons. The van der Waals surface area contributed by atoms with E-state index in [1.807, 2.05) is 30.3 Å². The van der Waals surface area contributed by atoms with Crippen molar-refractivity contribution >= 4 is 0 Å². The summed E-state index contributed by atoms with van der Waals surface area (Å²) in [6.45, 7) is -0.155. The standard InChI is InChI=1S/C15H16O3/c1-18-13-7-5-11(6-8-13)9-12-3-2-4-15(17)14(12)10-16/h2-8,16-17H,9-10H2,1H3. The lowest BCUT2D eigenvalue weighted by Gasteiger charge is -2.09. The van der Waals surface area contributed by atoms with Crippen LogP contribution < -0.4 is 4.74 Å². The van der Waals surface area contributed by atoms with Crippen molar-refractivity contribution in [2.45, 2.75) is 13.0 Å². The van der Waals surface area contributed by atoms with E-state index < -0.39 is 0 Å². The summed E-state index contributed by atoms with van der Waals surface area (Å²) in [5.41, 5.74) is 2.63. The average molecular weight is 244 g/mol. The molecule has 0 bridgehead atoms. The highest BCUT2D eigenvalue weighted by atomic mass is 16.5. The fourth-order valence-corrected chi connectivity index (χ4v) is 1.93. The Morgan fingerprint density at radius 3 is 2.39 bits per heavy atom. The Balaban J connectivity index is 2.25. The second kappa shape index (κ2) is 5.56. The Hall–Kier alpha value is -2.00. The van der Waals surface area contributed by atoms with Crippen molar-refractivity contribution in [3.05, 3.63) is 59.2 Å². The van der Waals surface area contributed by atoms with Crippen molar-refractivity contribution in [1.29, 1.82) is 0 Å². The number of hydrogen-bond donors (Lipinski definition) is 2. The minimum atomic E-state index is -0.155. The Kier molecular flexibility index (Phi) is 3.85. The van der Waals surface area contributed by atoms with Crippen molar-refractivity contribution in [1.82, 2.24) is 0 Å². The lowest BCUT2D eigenvalue weighted by molar-refractivity contribution is 0.274. The van der Waals surface area contributed by atoms with Gasteiger partial charge in [0.25, 0.3) is 0 Å². The second-order valence-electron chi connectivity index (χ2n) is 4.10. The number of ether oxygens (including phenoxy) is 1. The van der Waals surface area contributed by atoms with Crippen LogP contribution in [0.1, 0.15) is 16.7 Å². The minimum Gasteiger partial charge on any atom is -0.508 e. The monoisotopic (exact) mass is 244 g/mol. The van der Waals surface area contributed by atoms with E-state index >= 15 is 0 Å². The van der Waals surface area contributed by atoms with Crippen molar-refractivity contribution in [2.75, 3.05) is 7.11 Å². The molecular formula is C15H16O3. The summed E-state index contributed by atoms with van der Waals surface area (Å²) in [6, 6.07) is 13.0. The molecule has 0 saturated heterocycles. The maximum Gasteiger partial charge on any atom is 0.121 e. The van der Waals surface area contributed by atoms with E-state index in [4.69, 9.17) is 4.74 Å². The predicted molar refractivity (Wildman–Crippen MR) is 69.8 cm³/mol. The molecule has 0 aliphatic heterocycles. The number of aromatic hydroxyl groups is 1. The van der Waals surface area contributed by atoms with Gasteiger partial charge in [0.2, 0.25) is 0 Å². The number of phenols is 1. The van der Waals surface area contributed by atoms with Crippen LogP contribution in [0.3, 0.4) is 0 Å². The molecule has 0 amide bonds. The SMILES string of the molecule is COc1ccc(Cc2cccc(O)c2CO)cc1. The molecule has 94 valence electrons. The Morgan fingerprint density at radius 1 is 1.06 bits per heavy atom. The quantitative estimate of drug-likeness (QED) is 0.868. The first-order valence-electron chi connectivity index (χ1n) is 5.78. The second-order valence-corrected chi connectivity index (χ2v) is 4.10. The van der Waals surface area contributed by atoms with Gasteiger partial charge in [-0.15, -0.1) is 0 Å². The summed E-state index contributed by atoms with van der Waals surface area (Å²) >= 11 is 0. The van der Waals surface area contributed by atoms with Gasteiger partial charge >= 0.3 is 0 Å². The summed E-state index contributed by atoms with van der Waals surface area (Å²) in [7, 11) is 1.63. The molecule has 3 nitrogen and oxygen atoms in total. The van der Waals surface area contributed by atoms with Crippen LogP contribution in [-0.2, 0) is 13.0 Å². The van der Waals surface area contributed by atoms with Crippen molar-refractivity contribution in [3.63, 3.8) is 0 Å². The van der Waals surface area contributed by atoms with Crippen molar-refractivity contribution in [3.8, 4) is 11.5 Å². The normalized spacial score (nSPS) is 10.3. The van der Waals surface area contributed by atoms with Gasteiger partial charge in [0, 0.05) is 5.56 Å². The van der Waals surface area contributed by atoms with Gasteiger partial charge in [0.05, 0.1) is 13.7 Å². The lowest BCUT2D eigenvalue weighted by Crippen LogP contribution is -1.96. The average Bonchev–Trinajstić information content (AvgIpc) is 2.40. The molecule has 3 heteroatoms. The molecule has 2 aromatic rings. The molecule has 0 atom stereocenters. The molecule has 0 aliphatic rings. The van der Waals surface area contributed by atoms with E-state index in [-0.39, 0.29) is 12.4 Å². The van der Waals surface area contributed by atoms with Gasteiger partial charge in [-0.05, 0) is 35.7 Å². The van der Waals surface area contributed by atoms with Gasteiger partial charge in [-0.3, -0.25) is 0 Å². The van der Waals surface area contributed by atoms with Gasteiger partial charge in [0.15, 0.2) is 0 Å². The smallest absolute Gasteiger partial charge is 0.121 e. The summed E-state index contributed by atoms with van der Waals surface area (Å²) in [5.74, 6) is 0.959. The third-order valence-electron chi connectivity index (χ3n) is 2.96. The Labute approximate surface area is 106 Å². The van der Waals surface area contributed by atoms with Crippen molar-refractivity contribution < 1.29 is 14.9 Å². The van der Waals surface area contributed by atoms with Crippen LogP contribution in [0.4, 0.5) is 0 Å². The molecule has 0 unspecified atom stereocenters. The first kappa shape index (κ1) is 12.5. The van der Waals surface area contributed by atoms with Gasteiger partial charge in [-0.1, -0.05) is 24.3 Å². The molecular weight excluding hydrogens is 228 g/mol. The van der Waals surface area contributed by atoms with Crippen molar-refractivity contribution in [2.24, 2.45) is 0 Å². The van der Waals surface area contributed by atoms with Gasteiger partial charge in [-0.25, -0.2) is 0 Å². The van der Waals surface area contributed by atoms with Crippen LogP contribution in [0, 0.1) is 0 Å². The zero-order valence-electron chi connectivity index (χ0n) is 10.3. The highest BCUT2D eigenvalue weighted by Crippen LogP contribution is 2.24. The van der Waals surface area contributed by atoms with Gasteiger partial charge in [-0.2, -0.15) is 0 Å². The zero-order chi connectivity index (χ0) is 13.0. The number of rotatable bonds is 4. The van der Waals surface area contributed by atoms with E-state index in [1.165, 1.54) is 0 Å². The highest BCUT2D eigenvalue weighted by molar-refractivity contribution is 5.42. The molecule has 0 saturated carbocycles. The molecule has 2 N–H and O–H groups in total. The van der Waals surface area contributed by atoms with Gasteiger partial charge in [0.1, 0.15) is 11.5 Å². The molecule has 0 spiro atoms. The van der Waals surface area contributed by atoms with E-state index in [2.05, 4.69) is 0 Å². The maximum absolute atomic E-state index is 9.67. The third kappa shape index (κ3) is 2.63. The summed E-state index contributed by atoms with van der Waals surface area (Å²) in [5, 5.41) is 19.0. The molecule has 0 aliphatic carbocycles. The van der Waals surface area contributed by atoms with Crippen LogP contribution in [0.2, 0.25) is 0 Å². The Morgan fingerprint density at radius 2 is 1.78 bits per heavy atom. The predicted octanol–water partition coefficient (Wildman–Crippen LogP) is 2.48. The van der Waals surface area contributed by atoms with Gasteiger partial charge < -0.3 is 14.9 Å². The van der Waals surface area contributed by atoms with Crippen LogP contribution in [0.15, 0.2) is 42.5 Å². The highest BCUT2D eigenvalue weighted by Gasteiger charge is 2.07. The summed E-state index contributed by atoms with van der Waals surface area (Å²) in [6.07, 6.45) is 0.675. The molecule has 0 heterocycles. The fourth-order valence-electron chi connectivity index (χ4n) is 1.93. The third-order valence-corrected chi connectivity index (χ3v) is 2.96. The topological polar surface area (TPSA) is 49.7 Å². The first-order valence-corrected chi connectivity index (χ1v) is 5.78. The van der Waals surface area contributed by atoms with Crippen LogP contribution in [-0.4, -0.2) is 17.3 Å².